The maximum Gasteiger partial charge on any atom is 0.261 e. The average Bonchev–Trinajstić information content (AvgIpc) is 3.04. The van der Waals surface area contributed by atoms with Crippen LogP contribution in [-0.2, 0) is 19.4 Å². The molecular weight excluding hydrogens is 282 g/mol. The lowest BCUT2D eigenvalue weighted by molar-refractivity contribution is 0.0940. The van der Waals surface area contributed by atoms with E-state index in [4.69, 9.17) is 0 Å². The third-order valence-electron chi connectivity index (χ3n) is 3.83. The van der Waals surface area contributed by atoms with Crippen LogP contribution in [0, 0.1) is 6.92 Å². The summed E-state index contributed by atoms with van der Waals surface area (Å²) in [6, 6.07) is 4.12. The predicted molar refractivity (Wildman–Crippen MR) is 84.9 cm³/mol. The summed E-state index contributed by atoms with van der Waals surface area (Å²) < 4.78 is 1.87. The first-order valence-electron chi connectivity index (χ1n) is 7.54. The standard InChI is InChI=1S/C16H21N3OS/c1-11-7-8-19(18-11)10-12(2)17-16(20)15-9-13-5-3-4-6-14(13)21-15/h7-9,12H,3-6,10H2,1-2H3,(H,17,20). The van der Waals surface area contributed by atoms with Gasteiger partial charge in [-0.2, -0.15) is 5.10 Å². The monoisotopic (exact) mass is 303 g/mol. The molecule has 0 fully saturated rings. The Labute approximate surface area is 129 Å². The average molecular weight is 303 g/mol. The summed E-state index contributed by atoms with van der Waals surface area (Å²) in [5.74, 6) is 0.0470. The van der Waals surface area contributed by atoms with Gasteiger partial charge in [-0.05, 0) is 57.2 Å². The quantitative estimate of drug-likeness (QED) is 0.944. The van der Waals surface area contributed by atoms with Gasteiger partial charge >= 0.3 is 0 Å². The van der Waals surface area contributed by atoms with Crippen molar-refractivity contribution in [3.8, 4) is 0 Å². The Morgan fingerprint density at radius 1 is 1.48 bits per heavy atom. The zero-order valence-corrected chi connectivity index (χ0v) is 13.4. The van der Waals surface area contributed by atoms with Crippen molar-refractivity contribution in [3.05, 3.63) is 39.3 Å². The topological polar surface area (TPSA) is 46.9 Å². The van der Waals surface area contributed by atoms with E-state index in [0.29, 0.717) is 6.54 Å². The zero-order chi connectivity index (χ0) is 14.8. The lowest BCUT2D eigenvalue weighted by atomic mass is 9.99. The van der Waals surface area contributed by atoms with Gasteiger partial charge in [0.2, 0.25) is 0 Å². The Hall–Kier alpha value is -1.62. The number of fused-ring (bicyclic) bond motifs is 1. The molecule has 4 nitrogen and oxygen atoms in total. The van der Waals surface area contributed by atoms with E-state index in [0.717, 1.165) is 23.4 Å². The fraction of sp³-hybridized carbons (Fsp3) is 0.500. The molecule has 21 heavy (non-hydrogen) atoms. The van der Waals surface area contributed by atoms with Crippen LogP contribution < -0.4 is 5.32 Å². The predicted octanol–water partition coefficient (Wildman–Crippen LogP) is 2.95. The van der Waals surface area contributed by atoms with Crippen molar-refractivity contribution in [2.75, 3.05) is 0 Å². The van der Waals surface area contributed by atoms with E-state index in [9.17, 15) is 4.79 Å². The van der Waals surface area contributed by atoms with Crippen molar-refractivity contribution in [3.63, 3.8) is 0 Å². The van der Waals surface area contributed by atoms with E-state index in [1.807, 2.05) is 30.8 Å². The number of nitrogens with zero attached hydrogens (tertiary/aromatic N) is 2. The Bertz CT molecular complexity index is 620. The van der Waals surface area contributed by atoms with Crippen LogP contribution in [0.15, 0.2) is 18.3 Å². The fourth-order valence-corrected chi connectivity index (χ4v) is 3.95. The maximum atomic E-state index is 12.3. The molecule has 2 heterocycles. The summed E-state index contributed by atoms with van der Waals surface area (Å²) in [6.07, 6.45) is 6.71. The molecule has 112 valence electrons. The Balaban J connectivity index is 1.61. The van der Waals surface area contributed by atoms with Gasteiger partial charge in [0.15, 0.2) is 0 Å². The number of thiophene rings is 1. The summed E-state index contributed by atoms with van der Waals surface area (Å²) in [4.78, 5) is 14.6. The fourth-order valence-electron chi connectivity index (χ4n) is 2.79. The van der Waals surface area contributed by atoms with Crippen LogP contribution >= 0.6 is 11.3 Å². The Kier molecular flexibility index (Phi) is 4.10. The van der Waals surface area contributed by atoms with Gasteiger partial charge in [-0.3, -0.25) is 9.48 Å². The SMILES string of the molecule is Cc1ccn(CC(C)NC(=O)c2cc3c(s2)CCCC3)n1. The highest BCUT2D eigenvalue weighted by atomic mass is 32.1. The van der Waals surface area contributed by atoms with Gasteiger partial charge in [0, 0.05) is 17.1 Å². The largest absolute Gasteiger partial charge is 0.347 e. The summed E-state index contributed by atoms with van der Waals surface area (Å²) in [5.41, 5.74) is 2.38. The van der Waals surface area contributed by atoms with Crippen molar-refractivity contribution < 1.29 is 4.79 Å². The smallest absolute Gasteiger partial charge is 0.261 e. The highest BCUT2D eigenvalue weighted by molar-refractivity contribution is 7.14. The van der Waals surface area contributed by atoms with Crippen LogP contribution in [0.1, 0.15) is 45.6 Å². The van der Waals surface area contributed by atoms with E-state index in [1.54, 1.807) is 11.3 Å². The molecule has 1 aliphatic carbocycles. The number of carbonyl (C=O) groups excluding carboxylic acids is 1. The minimum atomic E-state index is 0.0470. The first kappa shape index (κ1) is 14.3. The summed E-state index contributed by atoms with van der Waals surface area (Å²) in [6.45, 7) is 4.68. The molecule has 3 rings (SSSR count). The van der Waals surface area contributed by atoms with Gasteiger partial charge in [-0.1, -0.05) is 0 Å². The van der Waals surface area contributed by atoms with E-state index >= 15 is 0 Å². The lowest BCUT2D eigenvalue weighted by Gasteiger charge is -2.13. The van der Waals surface area contributed by atoms with Gasteiger partial charge in [0.1, 0.15) is 0 Å². The molecule has 1 aliphatic rings. The molecule has 0 saturated carbocycles. The number of nitrogens with one attached hydrogen (secondary N) is 1. The normalized spacial score (nSPS) is 15.5. The molecule has 1 amide bonds. The molecule has 0 aliphatic heterocycles. The van der Waals surface area contributed by atoms with Crippen LogP contribution in [-0.4, -0.2) is 21.7 Å². The molecular formula is C16H21N3OS. The molecule has 0 saturated heterocycles. The van der Waals surface area contributed by atoms with Gasteiger partial charge in [-0.15, -0.1) is 11.3 Å². The second-order valence-corrected chi connectivity index (χ2v) is 6.96. The summed E-state index contributed by atoms with van der Waals surface area (Å²) in [5, 5.41) is 7.43. The molecule has 0 bridgehead atoms. The first-order chi connectivity index (χ1) is 10.1. The molecule has 5 heteroatoms. The van der Waals surface area contributed by atoms with Gasteiger partial charge in [0.05, 0.1) is 17.1 Å². The van der Waals surface area contributed by atoms with Crippen molar-refractivity contribution >= 4 is 17.2 Å². The molecule has 0 aromatic carbocycles. The maximum absolute atomic E-state index is 12.3. The van der Waals surface area contributed by atoms with Crippen LogP contribution in [0.3, 0.4) is 0 Å². The Morgan fingerprint density at radius 3 is 3.00 bits per heavy atom. The van der Waals surface area contributed by atoms with Crippen molar-refractivity contribution in [1.29, 1.82) is 0 Å². The van der Waals surface area contributed by atoms with Gasteiger partial charge in [-0.25, -0.2) is 0 Å². The van der Waals surface area contributed by atoms with E-state index in [1.165, 1.54) is 23.3 Å². The minimum absolute atomic E-state index is 0.0470. The Morgan fingerprint density at radius 2 is 2.29 bits per heavy atom. The van der Waals surface area contributed by atoms with Gasteiger partial charge in [0.25, 0.3) is 5.91 Å². The molecule has 2 aromatic rings. The third kappa shape index (κ3) is 3.35. The second-order valence-electron chi connectivity index (χ2n) is 5.82. The number of aromatic nitrogens is 2. The second kappa shape index (κ2) is 6.02. The molecule has 0 spiro atoms. The molecule has 1 unspecified atom stereocenters. The lowest BCUT2D eigenvalue weighted by Crippen LogP contribution is -2.35. The number of hydrogen-bond donors (Lipinski definition) is 1. The van der Waals surface area contributed by atoms with Crippen LogP contribution in [0.25, 0.3) is 0 Å². The number of aryl methyl sites for hydroxylation is 3. The van der Waals surface area contributed by atoms with Crippen LogP contribution in [0.4, 0.5) is 0 Å². The third-order valence-corrected chi connectivity index (χ3v) is 5.07. The van der Waals surface area contributed by atoms with Crippen molar-refractivity contribution in [2.24, 2.45) is 0 Å². The van der Waals surface area contributed by atoms with E-state index < -0.39 is 0 Å². The van der Waals surface area contributed by atoms with Gasteiger partial charge < -0.3 is 5.32 Å². The first-order valence-corrected chi connectivity index (χ1v) is 8.36. The van der Waals surface area contributed by atoms with Crippen LogP contribution in [0.5, 0.6) is 0 Å². The van der Waals surface area contributed by atoms with Crippen molar-refractivity contribution in [1.82, 2.24) is 15.1 Å². The summed E-state index contributed by atoms with van der Waals surface area (Å²) >= 11 is 1.66. The molecule has 2 aromatic heterocycles. The minimum Gasteiger partial charge on any atom is -0.347 e. The van der Waals surface area contributed by atoms with E-state index in [2.05, 4.69) is 16.5 Å². The summed E-state index contributed by atoms with van der Waals surface area (Å²) in [7, 11) is 0. The number of amides is 1. The number of carbonyl (C=O) groups is 1. The highest BCUT2D eigenvalue weighted by Gasteiger charge is 2.18. The van der Waals surface area contributed by atoms with E-state index in [-0.39, 0.29) is 11.9 Å². The van der Waals surface area contributed by atoms with Crippen LogP contribution in [0.2, 0.25) is 0 Å². The molecule has 1 atom stereocenters. The zero-order valence-electron chi connectivity index (χ0n) is 12.6. The highest BCUT2D eigenvalue weighted by Crippen LogP contribution is 2.29. The molecule has 0 radical (unpaired) electrons. The number of hydrogen-bond acceptors (Lipinski definition) is 3. The molecule has 1 N–H and O–H groups in total. The van der Waals surface area contributed by atoms with Crippen molar-refractivity contribution in [2.45, 2.75) is 52.1 Å². The number of rotatable bonds is 4.